The molecular weight excluding hydrogens is 382 g/mol. The van der Waals surface area contributed by atoms with E-state index in [4.69, 9.17) is 9.47 Å². The number of anilines is 1. The number of aryl methyl sites for hydroxylation is 1. The second-order valence-electron chi connectivity index (χ2n) is 8.26. The predicted octanol–water partition coefficient (Wildman–Crippen LogP) is 3.48. The van der Waals surface area contributed by atoms with E-state index in [1.807, 2.05) is 36.6 Å². The molecule has 0 unspecified atom stereocenters. The highest BCUT2D eigenvalue weighted by molar-refractivity contribution is 6.06. The molecule has 4 heterocycles. The van der Waals surface area contributed by atoms with E-state index >= 15 is 0 Å². The fraction of sp³-hybridized carbons (Fsp3) is 0.364. The van der Waals surface area contributed by atoms with Gasteiger partial charge in [0.25, 0.3) is 5.91 Å². The number of benzene rings is 1. The summed E-state index contributed by atoms with van der Waals surface area (Å²) in [6, 6.07) is 9.17. The molecule has 30 heavy (non-hydrogen) atoms. The fourth-order valence-electron chi connectivity index (χ4n) is 3.92. The third-order valence-corrected chi connectivity index (χ3v) is 5.30. The molecule has 0 aliphatic carbocycles. The molecule has 1 N–H and O–H groups in total. The lowest BCUT2D eigenvalue weighted by Gasteiger charge is -2.17. The molecule has 5 rings (SSSR count). The lowest BCUT2D eigenvalue weighted by molar-refractivity contribution is 0.102. The molecular formula is C22H23N5O3. The molecule has 0 fully saturated rings. The fourth-order valence-corrected chi connectivity index (χ4v) is 3.92. The number of amides is 1. The maximum atomic E-state index is 13.1. The number of nitrogens with one attached hydrogen (secondary N) is 1. The van der Waals surface area contributed by atoms with Crippen molar-refractivity contribution in [3.05, 3.63) is 47.8 Å². The van der Waals surface area contributed by atoms with Crippen LogP contribution in [0.5, 0.6) is 11.5 Å². The summed E-state index contributed by atoms with van der Waals surface area (Å²) in [5.41, 5.74) is 1.87. The Morgan fingerprint density at radius 1 is 1.17 bits per heavy atom. The second kappa shape index (κ2) is 7.12. The SMILES string of the molecule is CC1(C)Cc2cc3c(cc2O1)C(=O)Nc1cccc(n1)-c1nncn1CCCCO3. The summed E-state index contributed by atoms with van der Waals surface area (Å²) in [5.74, 6) is 2.14. The Labute approximate surface area is 174 Å². The number of rotatable bonds is 0. The highest BCUT2D eigenvalue weighted by atomic mass is 16.5. The quantitative estimate of drug-likeness (QED) is 0.616. The average Bonchev–Trinajstić information content (AvgIpc) is 3.28. The summed E-state index contributed by atoms with van der Waals surface area (Å²) in [5, 5.41) is 11.1. The Morgan fingerprint density at radius 2 is 2.07 bits per heavy atom. The van der Waals surface area contributed by atoms with Gasteiger partial charge in [-0.25, -0.2) is 4.98 Å². The van der Waals surface area contributed by atoms with Gasteiger partial charge in [-0.05, 0) is 51.0 Å². The number of fused-ring (bicyclic) bond motifs is 6. The molecule has 2 bridgehead atoms. The first-order valence-electron chi connectivity index (χ1n) is 10.1. The van der Waals surface area contributed by atoms with Crippen molar-refractivity contribution in [2.45, 2.75) is 45.3 Å². The van der Waals surface area contributed by atoms with Crippen LogP contribution in [0.15, 0.2) is 36.7 Å². The van der Waals surface area contributed by atoms with Gasteiger partial charge >= 0.3 is 0 Å². The smallest absolute Gasteiger partial charge is 0.260 e. The monoisotopic (exact) mass is 405 g/mol. The summed E-state index contributed by atoms with van der Waals surface area (Å²) in [6.45, 7) is 5.36. The highest BCUT2D eigenvalue weighted by Gasteiger charge is 2.32. The zero-order chi connectivity index (χ0) is 20.7. The number of pyridine rings is 1. The Kier molecular flexibility index (Phi) is 4.42. The maximum absolute atomic E-state index is 13.1. The molecule has 154 valence electrons. The molecule has 1 aromatic carbocycles. The van der Waals surface area contributed by atoms with Crippen LogP contribution in [0.2, 0.25) is 0 Å². The van der Waals surface area contributed by atoms with E-state index in [1.165, 1.54) is 0 Å². The van der Waals surface area contributed by atoms with Crippen molar-refractivity contribution in [2.75, 3.05) is 11.9 Å². The molecule has 2 aliphatic rings. The van der Waals surface area contributed by atoms with E-state index in [0.29, 0.717) is 35.3 Å². The van der Waals surface area contributed by atoms with Crippen LogP contribution < -0.4 is 14.8 Å². The number of hydrogen-bond donors (Lipinski definition) is 1. The normalized spacial score (nSPS) is 17.5. The van der Waals surface area contributed by atoms with Crippen LogP contribution in [-0.2, 0) is 13.0 Å². The average molecular weight is 405 g/mol. The minimum Gasteiger partial charge on any atom is -0.493 e. The zero-order valence-electron chi connectivity index (χ0n) is 17.0. The van der Waals surface area contributed by atoms with E-state index in [-0.39, 0.29) is 11.5 Å². The molecule has 8 nitrogen and oxygen atoms in total. The first-order valence-corrected chi connectivity index (χ1v) is 10.1. The minimum atomic E-state index is -0.294. The van der Waals surface area contributed by atoms with Crippen molar-refractivity contribution in [3.8, 4) is 23.0 Å². The minimum absolute atomic E-state index is 0.288. The van der Waals surface area contributed by atoms with Gasteiger partial charge in [0.2, 0.25) is 0 Å². The van der Waals surface area contributed by atoms with Crippen molar-refractivity contribution in [3.63, 3.8) is 0 Å². The van der Waals surface area contributed by atoms with E-state index in [2.05, 4.69) is 20.5 Å². The van der Waals surface area contributed by atoms with Gasteiger partial charge in [-0.3, -0.25) is 4.79 Å². The van der Waals surface area contributed by atoms with Crippen LogP contribution >= 0.6 is 0 Å². The molecule has 0 saturated carbocycles. The van der Waals surface area contributed by atoms with Crippen LogP contribution in [-0.4, -0.2) is 37.9 Å². The molecule has 0 saturated heterocycles. The van der Waals surface area contributed by atoms with Crippen LogP contribution in [0.1, 0.15) is 42.6 Å². The van der Waals surface area contributed by atoms with Gasteiger partial charge in [-0.15, -0.1) is 10.2 Å². The first kappa shape index (κ1) is 18.6. The molecule has 0 radical (unpaired) electrons. The molecule has 0 atom stereocenters. The summed E-state index contributed by atoms with van der Waals surface area (Å²) in [6.07, 6.45) is 4.22. The van der Waals surface area contributed by atoms with Gasteiger partial charge in [-0.2, -0.15) is 0 Å². The first-order chi connectivity index (χ1) is 14.5. The third-order valence-electron chi connectivity index (χ3n) is 5.30. The Morgan fingerprint density at radius 3 is 2.97 bits per heavy atom. The largest absolute Gasteiger partial charge is 0.493 e. The summed E-state index contributed by atoms with van der Waals surface area (Å²) in [7, 11) is 0. The Bertz CT molecular complexity index is 1120. The summed E-state index contributed by atoms with van der Waals surface area (Å²) >= 11 is 0. The molecule has 3 aromatic rings. The highest BCUT2D eigenvalue weighted by Crippen LogP contribution is 2.39. The number of nitrogens with zero attached hydrogens (tertiary/aromatic N) is 4. The van der Waals surface area contributed by atoms with Gasteiger partial charge in [-0.1, -0.05) is 6.07 Å². The van der Waals surface area contributed by atoms with Gasteiger partial charge in [0.1, 0.15) is 34.9 Å². The van der Waals surface area contributed by atoms with Crippen molar-refractivity contribution >= 4 is 11.7 Å². The van der Waals surface area contributed by atoms with Crippen molar-refractivity contribution < 1.29 is 14.3 Å². The van der Waals surface area contributed by atoms with Gasteiger partial charge in [0.05, 0.1) is 12.2 Å². The van der Waals surface area contributed by atoms with E-state index in [9.17, 15) is 4.79 Å². The van der Waals surface area contributed by atoms with Crippen molar-refractivity contribution in [1.29, 1.82) is 0 Å². The lowest BCUT2D eigenvalue weighted by Crippen LogP contribution is -2.24. The van der Waals surface area contributed by atoms with Crippen LogP contribution in [0.4, 0.5) is 5.82 Å². The zero-order valence-corrected chi connectivity index (χ0v) is 17.0. The maximum Gasteiger partial charge on any atom is 0.260 e. The standard InChI is InChI=1S/C22H23N5O3/c1-22(2)12-14-10-18-15(11-17(14)30-22)21(28)25-19-7-5-6-16(24-19)20-26-23-13-27(20)8-3-4-9-29-18/h5-7,10-11,13H,3-4,8-9,12H2,1-2H3,(H,24,25,28). The number of hydrogen-bond acceptors (Lipinski definition) is 6. The van der Waals surface area contributed by atoms with Crippen molar-refractivity contribution in [1.82, 2.24) is 19.7 Å². The summed E-state index contributed by atoms with van der Waals surface area (Å²) < 4.78 is 14.0. The second-order valence-corrected chi connectivity index (χ2v) is 8.26. The molecule has 1 amide bonds. The number of carbonyl (C=O) groups is 1. The lowest BCUT2D eigenvalue weighted by atomic mass is 10.00. The molecule has 0 spiro atoms. The topological polar surface area (TPSA) is 91.2 Å². The van der Waals surface area contributed by atoms with Crippen LogP contribution in [0.25, 0.3) is 11.5 Å². The molecule has 2 aliphatic heterocycles. The van der Waals surface area contributed by atoms with Gasteiger partial charge in [0.15, 0.2) is 5.82 Å². The van der Waals surface area contributed by atoms with Gasteiger partial charge < -0.3 is 19.4 Å². The van der Waals surface area contributed by atoms with Gasteiger partial charge in [0, 0.05) is 18.5 Å². The number of aromatic nitrogens is 4. The summed E-state index contributed by atoms with van der Waals surface area (Å²) in [4.78, 5) is 17.7. The predicted molar refractivity (Wildman–Crippen MR) is 111 cm³/mol. The van der Waals surface area contributed by atoms with Crippen molar-refractivity contribution in [2.24, 2.45) is 0 Å². The van der Waals surface area contributed by atoms with E-state index in [1.54, 1.807) is 18.5 Å². The Hall–Kier alpha value is -3.42. The molecule has 2 aromatic heterocycles. The van der Waals surface area contributed by atoms with E-state index in [0.717, 1.165) is 37.1 Å². The number of ether oxygens (including phenoxy) is 2. The van der Waals surface area contributed by atoms with Crippen LogP contribution in [0, 0.1) is 0 Å². The molecule has 8 heteroatoms. The van der Waals surface area contributed by atoms with Crippen LogP contribution in [0.3, 0.4) is 0 Å². The number of carbonyl (C=O) groups excluding carboxylic acids is 1. The van der Waals surface area contributed by atoms with E-state index < -0.39 is 0 Å². The third kappa shape index (κ3) is 3.49. The Balaban J connectivity index is 1.54.